The highest BCUT2D eigenvalue weighted by Crippen LogP contribution is 2.14. The van der Waals surface area contributed by atoms with E-state index >= 15 is 0 Å². The van der Waals surface area contributed by atoms with Crippen molar-refractivity contribution in [3.05, 3.63) is 21.6 Å². The van der Waals surface area contributed by atoms with Gasteiger partial charge in [0.1, 0.15) is 5.02 Å². The van der Waals surface area contributed by atoms with Crippen LogP contribution < -0.4 is 10.9 Å². The van der Waals surface area contributed by atoms with Crippen molar-refractivity contribution in [2.24, 2.45) is 7.05 Å². The van der Waals surface area contributed by atoms with E-state index in [0.717, 1.165) is 25.1 Å². The molecule has 1 aromatic rings. The average molecular weight is 262 g/mol. The van der Waals surface area contributed by atoms with Crippen LogP contribution in [0.5, 0.6) is 0 Å². The molecule has 1 rings (SSSR count). The number of rotatable bonds is 6. The van der Waals surface area contributed by atoms with E-state index in [2.05, 4.69) is 16.7 Å². The molecule has 0 radical (unpaired) electrons. The van der Waals surface area contributed by atoms with Gasteiger partial charge in [-0.15, -0.1) is 0 Å². The molecule has 1 N–H and O–H groups in total. The van der Waals surface area contributed by atoms with E-state index in [0.29, 0.717) is 5.69 Å². The van der Waals surface area contributed by atoms with E-state index < -0.39 is 0 Å². The van der Waals surface area contributed by atoms with Gasteiger partial charge in [-0.05, 0) is 24.9 Å². The van der Waals surface area contributed by atoms with Gasteiger partial charge in [0.15, 0.2) is 0 Å². The molecule has 0 saturated heterocycles. The molecule has 90 valence electrons. The van der Waals surface area contributed by atoms with Crippen LogP contribution in [0.3, 0.4) is 0 Å². The number of aromatic nitrogens is 2. The van der Waals surface area contributed by atoms with Crippen LogP contribution in [0, 0.1) is 0 Å². The number of thioether (sulfide) groups is 1. The van der Waals surface area contributed by atoms with Crippen LogP contribution in [0.4, 0.5) is 5.69 Å². The fourth-order valence-electron chi connectivity index (χ4n) is 1.23. The molecule has 0 aliphatic carbocycles. The van der Waals surface area contributed by atoms with E-state index in [-0.39, 0.29) is 10.6 Å². The summed E-state index contributed by atoms with van der Waals surface area (Å²) in [6.45, 7) is 0.815. The highest BCUT2D eigenvalue weighted by atomic mass is 35.5. The maximum Gasteiger partial charge on any atom is 0.287 e. The zero-order chi connectivity index (χ0) is 12.0. The smallest absolute Gasteiger partial charge is 0.287 e. The average Bonchev–Trinajstić information content (AvgIpc) is 2.28. The van der Waals surface area contributed by atoms with Crippen molar-refractivity contribution in [2.45, 2.75) is 12.8 Å². The van der Waals surface area contributed by atoms with Crippen LogP contribution in [0.1, 0.15) is 12.8 Å². The third kappa shape index (κ3) is 3.72. The van der Waals surface area contributed by atoms with Crippen molar-refractivity contribution in [3.63, 3.8) is 0 Å². The minimum absolute atomic E-state index is 0.211. The molecule has 0 atom stereocenters. The fraction of sp³-hybridized carbons (Fsp3) is 0.600. The molecule has 0 amide bonds. The summed E-state index contributed by atoms with van der Waals surface area (Å²) in [7, 11) is 1.58. The number of nitrogens with one attached hydrogen (secondary N) is 1. The number of anilines is 1. The van der Waals surface area contributed by atoms with Crippen LogP contribution in [0.25, 0.3) is 0 Å². The molecule has 0 aliphatic heterocycles. The van der Waals surface area contributed by atoms with Crippen molar-refractivity contribution < 1.29 is 0 Å². The molecule has 0 unspecified atom stereocenters. The summed E-state index contributed by atoms with van der Waals surface area (Å²) in [4.78, 5) is 11.4. The van der Waals surface area contributed by atoms with E-state index in [1.165, 1.54) is 4.68 Å². The van der Waals surface area contributed by atoms with Gasteiger partial charge < -0.3 is 5.32 Å². The second-order valence-corrected chi connectivity index (χ2v) is 4.79. The summed E-state index contributed by atoms with van der Waals surface area (Å²) in [5, 5.41) is 7.24. The molecular weight excluding hydrogens is 246 g/mol. The molecule has 0 aliphatic rings. The standard InChI is InChI=1S/C10H16ClN3OS/c1-14-10(15)9(11)8(7-13-14)12-5-3-4-6-16-2/h7,12H,3-6H2,1-2H3. The Morgan fingerprint density at radius 1 is 1.56 bits per heavy atom. The summed E-state index contributed by atoms with van der Waals surface area (Å²) < 4.78 is 1.22. The maximum atomic E-state index is 11.4. The van der Waals surface area contributed by atoms with Gasteiger partial charge in [0, 0.05) is 13.6 Å². The Balaban J connectivity index is 2.49. The predicted molar refractivity (Wildman–Crippen MR) is 70.6 cm³/mol. The number of nitrogens with zero attached hydrogens (tertiary/aromatic N) is 2. The van der Waals surface area contributed by atoms with Gasteiger partial charge in [-0.1, -0.05) is 11.6 Å². The number of halogens is 1. The third-order valence-corrected chi connectivity index (χ3v) is 3.23. The zero-order valence-electron chi connectivity index (χ0n) is 9.49. The summed E-state index contributed by atoms with van der Waals surface area (Å²) in [6.07, 6.45) is 5.89. The lowest BCUT2D eigenvalue weighted by Gasteiger charge is -2.07. The monoisotopic (exact) mass is 261 g/mol. The second kappa shape index (κ2) is 6.81. The number of hydrogen-bond acceptors (Lipinski definition) is 4. The molecule has 0 spiro atoms. The Morgan fingerprint density at radius 3 is 3.00 bits per heavy atom. The van der Waals surface area contributed by atoms with E-state index in [1.54, 1.807) is 13.2 Å². The van der Waals surface area contributed by atoms with Gasteiger partial charge in [-0.2, -0.15) is 16.9 Å². The normalized spacial score (nSPS) is 10.4. The molecule has 0 saturated carbocycles. The van der Waals surface area contributed by atoms with Crippen molar-refractivity contribution in [1.82, 2.24) is 9.78 Å². The van der Waals surface area contributed by atoms with Crippen molar-refractivity contribution >= 4 is 29.1 Å². The fourth-order valence-corrected chi connectivity index (χ4v) is 1.96. The Bertz CT molecular complexity index is 394. The highest BCUT2D eigenvalue weighted by molar-refractivity contribution is 7.98. The van der Waals surface area contributed by atoms with E-state index in [1.807, 2.05) is 11.8 Å². The van der Waals surface area contributed by atoms with Crippen LogP contribution in [0.15, 0.2) is 11.0 Å². The lowest BCUT2D eigenvalue weighted by atomic mass is 10.3. The summed E-state index contributed by atoms with van der Waals surface area (Å²) in [5.41, 5.74) is 0.352. The first-order valence-electron chi connectivity index (χ1n) is 5.11. The first kappa shape index (κ1) is 13.4. The number of unbranched alkanes of at least 4 members (excludes halogenated alkanes) is 1. The topological polar surface area (TPSA) is 46.9 Å². The third-order valence-electron chi connectivity index (χ3n) is 2.17. The molecule has 0 fully saturated rings. The highest BCUT2D eigenvalue weighted by Gasteiger charge is 2.05. The molecule has 1 heterocycles. The van der Waals surface area contributed by atoms with Crippen LogP contribution in [-0.4, -0.2) is 28.3 Å². The quantitative estimate of drug-likeness (QED) is 0.796. The van der Waals surface area contributed by atoms with Gasteiger partial charge in [0.05, 0.1) is 11.9 Å². The Kier molecular flexibility index (Phi) is 5.69. The van der Waals surface area contributed by atoms with E-state index in [4.69, 9.17) is 11.6 Å². The lowest BCUT2D eigenvalue weighted by Crippen LogP contribution is -2.21. The molecular formula is C10H16ClN3OS. The first-order chi connectivity index (χ1) is 7.66. The van der Waals surface area contributed by atoms with Crippen LogP contribution in [0.2, 0.25) is 5.02 Å². The van der Waals surface area contributed by atoms with Crippen molar-refractivity contribution in [2.75, 3.05) is 23.9 Å². The van der Waals surface area contributed by atoms with Gasteiger partial charge in [0.2, 0.25) is 0 Å². The largest absolute Gasteiger partial charge is 0.382 e. The van der Waals surface area contributed by atoms with Gasteiger partial charge >= 0.3 is 0 Å². The van der Waals surface area contributed by atoms with Gasteiger partial charge in [-0.3, -0.25) is 4.79 Å². The Hall–Kier alpha value is -0.680. The molecule has 16 heavy (non-hydrogen) atoms. The molecule has 0 bridgehead atoms. The van der Waals surface area contributed by atoms with Gasteiger partial charge in [0.25, 0.3) is 5.56 Å². The first-order valence-corrected chi connectivity index (χ1v) is 6.88. The van der Waals surface area contributed by atoms with Gasteiger partial charge in [-0.25, -0.2) is 4.68 Å². The second-order valence-electron chi connectivity index (χ2n) is 3.43. The Labute approximate surface area is 104 Å². The Morgan fingerprint density at radius 2 is 2.31 bits per heavy atom. The van der Waals surface area contributed by atoms with E-state index in [9.17, 15) is 4.79 Å². The molecule has 4 nitrogen and oxygen atoms in total. The van der Waals surface area contributed by atoms with Crippen molar-refractivity contribution in [3.8, 4) is 0 Å². The maximum absolute atomic E-state index is 11.4. The summed E-state index contributed by atoms with van der Waals surface area (Å²) in [5.74, 6) is 1.16. The van der Waals surface area contributed by atoms with Crippen LogP contribution in [-0.2, 0) is 7.05 Å². The summed E-state index contributed by atoms with van der Waals surface area (Å²) in [6, 6.07) is 0. The minimum Gasteiger partial charge on any atom is -0.382 e. The lowest BCUT2D eigenvalue weighted by molar-refractivity contribution is 0.707. The molecule has 6 heteroatoms. The van der Waals surface area contributed by atoms with Crippen LogP contribution >= 0.6 is 23.4 Å². The number of aryl methyl sites for hydroxylation is 1. The molecule has 1 aromatic heterocycles. The predicted octanol–water partition coefficient (Wildman–Crippen LogP) is 1.99. The minimum atomic E-state index is -0.268. The van der Waals surface area contributed by atoms with Crippen molar-refractivity contribution in [1.29, 1.82) is 0 Å². The SMILES string of the molecule is CSCCCCNc1cnn(C)c(=O)c1Cl. The number of hydrogen-bond donors (Lipinski definition) is 1. The molecule has 0 aromatic carbocycles. The summed E-state index contributed by atoms with van der Waals surface area (Å²) >= 11 is 7.73. The zero-order valence-corrected chi connectivity index (χ0v) is 11.1.